The topological polar surface area (TPSA) is 53.6 Å². The number of carbonyl (C=O) groups is 1. The van der Waals surface area contributed by atoms with E-state index >= 15 is 0 Å². The Hall–Kier alpha value is -2.22. The predicted molar refractivity (Wildman–Crippen MR) is 127 cm³/mol. The predicted octanol–water partition coefficient (Wildman–Crippen LogP) is 4.82. The molecule has 1 atom stereocenters. The number of nitrogens with zero attached hydrogens (tertiary/aromatic N) is 1. The third kappa shape index (κ3) is 5.93. The maximum atomic E-state index is 12.5. The van der Waals surface area contributed by atoms with Crippen LogP contribution >= 0.6 is 22.9 Å². The lowest BCUT2D eigenvalue weighted by molar-refractivity contribution is 0.0168. The van der Waals surface area contributed by atoms with Crippen molar-refractivity contribution in [3.8, 4) is 0 Å². The van der Waals surface area contributed by atoms with Gasteiger partial charge in [-0.05, 0) is 41.3 Å². The van der Waals surface area contributed by atoms with E-state index in [9.17, 15) is 4.79 Å². The van der Waals surface area contributed by atoms with Gasteiger partial charge in [0.25, 0.3) is 5.91 Å². The first-order valence-corrected chi connectivity index (χ1v) is 11.7. The highest BCUT2D eigenvalue weighted by molar-refractivity contribution is 7.10. The van der Waals surface area contributed by atoms with Gasteiger partial charge in [0.2, 0.25) is 0 Å². The van der Waals surface area contributed by atoms with Crippen molar-refractivity contribution in [1.82, 2.24) is 10.2 Å². The van der Waals surface area contributed by atoms with Gasteiger partial charge in [-0.1, -0.05) is 41.9 Å². The fourth-order valence-corrected chi connectivity index (χ4v) is 4.82. The summed E-state index contributed by atoms with van der Waals surface area (Å²) >= 11 is 7.94. The van der Waals surface area contributed by atoms with Crippen LogP contribution in [0, 0.1) is 0 Å². The molecule has 1 aromatic heterocycles. The number of halogens is 1. The summed E-state index contributed by atoms with van der Waals surface area (Å²) in [4.78, 5) is 16.4. The summed E-state index contributed by atoms with van der Waals surface area (Å²) in [5.41, 5.74) is 2.34. The summed E-state index contributed by atoms with van der Waals surface area (Å²) in [7, 11) is 0. The van der Waals surface area contributed by atoms with Gasteiger partial charge >= 0.3 is 0 Å². The molecular weight excluding hydrogens is 430 g/mol. The Morgan fingerprint density at radius 2 is 1.94 bits per heavy atom. The summed E-state index contributed by atoms with van der Waals surface area (Å²) in [5.74, 6) is -0.208. The van der Waals surface area contributed by atoms with Crippen molar-refractivity contribution in [2.45, 2.75) is 12.6 Å². The maximum absolute atomic E-state index is 12.5. The molecule has 3 aromatic rings. The van der Waals surface area contributed by atoms with Crippen LogP contribution in [0.25, 0.3) is 0 Å². The van der Waals surface area contributed by atoms with E-state index < -0.39 is 0 Å². The first kappa shape index (κ1) is 22.0. The molecule has 1 aliphatic rings. The van der Waals surface area contributed by atoms with Crippen LogP contribution in [-0.2, 0) is 11.3 Å². The monoisotopic (exact) mass is 455 g/mol. The molecule has 2 heterocycles. The molecule has 162 valence electrons. The average Bonchev–Trinajstić information content (AvgIpc) is 3.32. The quantitative estimate of drug-likeness (QED) is 0.511. The van der Waals surface area contributed by atoms with Crippen LogP contribution in [0.5, 0.6) is 0 Å². The third-order valence-corrected chi connectivity index (χ3v) is 6.63. The van der Waals surface area contributed by atoms with Crippen LogP contribution in [0.3, 0.4) is 0 Å². The molecule has 2 aromatic carbocycles. The number of hydrogen-bond donors (Lipinski definition) is 2. The van der Waals surface area contributed by atoms with Gasteiger partial charge in [-0.25, -0.2) is 0 Å². The number of hydrogen-bond acceptors (Lipinski definition) is 5. The number of morpholine rings is 1. The van der Waals surface area contributed by atoms with Crippen LogP contribution in [0.1, 0.15) is 26.8 Å². The number of anilines is 1. The normalized spacial score (nSPS) is 15.5. The Bertz CT molecular complexity index is 990. The highest BCUT2D eigenvalue weighted by atomic mass is 35.5. The first-order valence-electron chi connectivity index (χ1n) is 10.4. The van der Waals surface area contributed by atoms with Gasteiger partial charge in [0.1, 0.15) is 0 Å². The van der Waals surface area contributed by atoms with Crippen molar-refractivity contribution in [3.63, 3.8) is 0 Å². The number of nitrogens with one attached hydrogen (secondary N) is 2. The minimum atomic E-state index is -0.208. The fraction of sp³-hybridized carbons (Fsp3) is 0.292. The van der Waals surface area contributed by atoms with E-state index in [1.54, 1.807) is 29.5 Å². The lowest BCUT2D eigenvalue weighted by Gasteiger charge is -2.34. The van der Waals surface area contributed by atoms with Gasteiger partial charge in [0, 0.05) is 36.7 Å². The summed E-state index contributed by atoms with van der Waals surface area (Å²) in [5, 5.41) is 9.12. The number of rotatable bonds is 8. The fourth-order valence-electron chi connectivity index (χ4n) is 3.74. The molecule has 31 heavy (non-hydrogen) atoms. The smallest absolute Gasteiger partial charge is 0.257 e. The molecule has 1 aliphatic heterocycles. The van der Waals surface area contributed by atoms with E-state index in [4.69, 9.17) is 16.3 Å². The Balaban J connectivity index is 1.36. The van der Waals surface area contributed by atoms with Gasteiger partial charge in [0.05, 0.1) is 29.8 Å². The van der Waals surface area contributed by atoms with Crippen LogP contribution in [0.2, 0.25) is 5.02 Å². The van der Waals surface area contributed by atoms with E-state index in [0.717, 1.165) is 50.6 Å². The molecule has 0 aliphatic carbocycles. The van der Waals surface area contributed by atoms with E-state index in [0.29, 0.717) is 16.6 Å². The number of benzene rings is 2. The number of amides is 1. The summed E-state index contributed by atoms with van der Waals surface area (Å²) in [6.45, 7) is 5.06. The lowest BCUT2D eigenvalue weighted by Crippen LogP contribution is -2.42. The summed E-state index contributed by atoms with van der Waals surface area (Å²) < 4.78 is 5.52. The molecule has 1 fully saturated rings. The van der Waals surface area contributed by atoms with Gasteiger partial charge < -0.3 is 15.4 Å². The van der Waals surface area contributed by atoms with Crippen LogP contribution in [0.15, 0.2) is 66.0 Å². The molecule has 0 bridgehead atoms. The van der Waals surface area contributed by atoms with Crippen molar-refractivity contribution >= 4 is 34.5 Å². The van der Waals surface area contributed by atoms with E-state index in [-0.39, 0.29) is 5.91 Å². The molecule has 7 heteroatoms. The van der Waals surface area contributed by atoms with Gasteiger partial charge in [0.15, 0.2) is 0 Å². The summed E-state index contributed by atoms with van der Waals surface area (Å²) in [6, 6.07) is 19.6. The molecular formula is C24H26ClN3O2S. The minimum absolute atomic E-state index is 0.208. The minimum Gasteiger partial charge on any atom is -0.379 e. The first-order chi connectivity index (χ1) is 15.2. The van der Waals surface area contributed by atoms with Gasteiger partial charge in [-0.15, -0.1) is 11.3 Å². The highest BCUT2D eigenvalue weighted by Crippen LogP contribution is 2.25. The lowest BCUT2D eigenvalue weighted by atomic mass is 10.1. The Morgan fingerprint density at radius 1 is 1.10 bits per heavy atom. The molecule has 0 radical (unpaired) electrons. The largest absolute Gasteiger partial charge is 0.379 e. The maximum Gasteiger partial charge on any atom is 0.257 e. The molecule has 0 saturated carbocycles. The Labute approximate surface area is 192 Å². The van der Waals surface area contributed by atoms with Crippen LogP contribution in [-0.4, -0.2) is 43.7 Å². The van der Waals surface area contributed by atoms with Crippen LogP contribution in [0.4, 0.5) is 5.69 Å². The van der Waals surface area contributed by atoms with Crippen molar-refractivity contribution in [2.75, 3.05) is 38.2 Å². The SMILES string of the molecule is O=C(Nc1cccc(CNC[C@H](c2cccs2)N2CCOCC2)c1)c1ccccc1Cl. The Morgan fingerprint density at radius 3 is 2.71 bits per heavy atom. The zero-order valence-corrected chi connectivity index (χ0v) is 18.8. The zero-order valence-electron chi connectivity index (χ0n) is 17.2. The molecule has 0 unspecified atom stereocenters. The molecule has 1 saturated heterocycles. The Kier molecular flexibility index (Phi) is 7.72. The number of thiophene rings is 1. The van der Waals surface area contributed by atoms with E-state index in [1.165, 1.54) is 4.88 Å². The van der Waals surface area contributed by atoms with Crippen molar-refractivity contribution in [1.29, 1.82) is 0 Å². The zero-order chi connectivity index (χ0) is 21.5. The molecule has 4 rings (SSSR count). The van der Waals surface area contributed by atoms with Crippen LogP contribution < -0.4 is 10.6 Å². The number of ether oxygens (including phenoxy) is 1. The molecule has 2 N–H and O–H groups in total. The highest BCUT2D eigenvalue weighted by Gasteiger charge is 2.23. The van der Waals surface area contributed by atoms with Gasteiger partial charge in [-0.3, -0.25) is 9.69 Å². The molecule has 1 amide bonds. The third-order valence-electron chi connectivity index (χ3n) is 5.33. The van der Waals surface area contributed by atoms with Crippen molar-refractivity contribution in [3.05, 3.63) is 87.1 Å². The van der Waals surface area contributed by atoms with Gasteiger partial charge in [-0.2, -0.15) is 0 Å². The van der Waals surface area contributed by atoms with Crippen molar-refractivity contribution < 1.29 is 9.53 Å². The van der Waals surface area contributed by atoms with E-state index in [2.05, 4.69) is 39.1 Å². The van der Waals surface area contributed by atoms with Crippen molar-refractivity contribution in [2.24, 2.45) is 0 Å². The molecule has 0 spiro atoms. The number of carbonyl (C=O) groups excluding carboxylic acids is 1. The average molecular weight is 456 g/mol. The second-order valence-electron chi connectivity index (χ2n) is 7.44. The second kappa shape index (κ2) is 10.9. The standard InChI is InChI=1S/C24H26ClN3O2S/c25-21-8-2-1-7-20(21)24(29)27-19-6-3-5-18(15-19)16-26-17-22(23-9-4-14-31-23)28-10-12-30-13-11-28/h1-9,14-15,22,26H,10-13,16-17H2,(H,27,29)/t22-/m1/s1. The second-order valence-corrected chi connectivity index (χ2v) is 8.83. The molecule has 5 nitrogen and oxygen atoms in total. The summed E-state index contributed by atoms with van der Waals surface area (Å²) in [6.07, 6.45) is 0. The van der Waals surface area contributed by atoms with E-state index in [1.807, 2.05) is 24.3 Å².